The molecule has 0 spiro atoms. The third-order valence-corrected chi connectivity index (χ3v) is 7.26. The minimum absolute atomic E-state index is 0.235. The number of likely N-dealkylation sites (N-methyl/N-ethyl adjacent to an activating group) is 1. The molecule has 1 fully saturated rings. The van der Waals surface area contributed by atoms with E-state index in [0.717, 1.165) is 29.4 Å². The molecule has 4 heteroatoms. The van der Waals surface area contributed by atoms with Crippen LogP contribution in [0.15, 0.2) is 24.3 Å². The molecule has 158 valence electrons. The molecule has 4 rings (SSSR count). The zero-order valence-electron chi connectivity index (χ0n) is 19.2. The van der Waals surface area contributed by atoms with Crippen LogP contribution >= 0.6 is 0 Å². The number of carbonyl (C=O) groups excluding carboxylic acids is 1. The number of ether oxygens (including phenoxy) is 1. The molecule has 3 atom stereocenters. The standard InChI is InChI=1S/C25H37N2O2/c1-24(2,3)17-12-14-27(7)15-13-19-18-10-8-9-11-20(18)26(22(19)21(27)16-17)23(28)29-25(4,5)6/h8-11,17,21H,12-16H2,1-7H3/q+1/t17-,21+,27-/m1/s1. The Hall–Kier alpha value is -1.81. The van der Waals surface area contributed by atoms with Crippen LogP contribution in [0.5, 0.6) is 0 Å². The SMILES string of the molecule is CC(C)(C)OC(=O)n1c2c(c3ccccc31)CC[N@@+]1(C)CC[C@@H](C(C)(C)C)C[C@@H]21. The van der Waals surface area contributed by atoms with Crippen LogP contribution in [-0.4, -0.2) is 40.9 Å². The van der Waals surface area contributed by atoms with E-state index in [-0.39, 0.29) is 11.5 Å². The lowest BCUT2D eigenvalue weighted by molar-refractivity contribution is -0.948. The van der Waals surface area contributed by atoms with Crippen molar-refractivity contribution in [3.63, 3.8) is 0 Å². The van der Waals surface area contributed by atoms with Crippen LogP contribution < -0.4 is 0 Å². The van der Waals surface area contributed by atoms with Crippen LogP contribution in [-0.2, 0) is 11.2 Å². The summed E-state index contributed by atoms with van der Waals surface area (Å²) < 4.78 is 8.84. The molecule has 0 saturated carbocycles. The number of piperidine rings is 1. The van der Waals surface area contributed by atoms with Gasteiger partial charge in [0.25, 0.3) is 0 Å². The predicted octanol–water partition coefficient (Wildman–Crippen LogP) is 5.92. The van der Waals surface area contributed by atoms with Gasteiger partial charge in [0.15, 0.2) is 0 Å². The molecule has 2 aliphatic heterocycles. The Morgan fingerprint density at radius 2 is 1.79 bits per heavy atom. The van der Waals surface area contributed by atoms with Crippen LogP contribution in [0.4, 0.5) is 4.79 Å². The number of nitrogens with zero attached hydrogens (tertiary/aromatic N) is 2. The number of aromatic nitrogens is 1. The van der Waals surface area contributed by atoms with Crippen molar-refractivity contribution in [3.8, 4) is 0 Å². The Balaban J connectivity index is 1.90. The van der Waals surface area contributed by atoms with Gasteiger partial charge < -0.3 is 9.22 Å². The Morgan fingerprint density at radius 3 is 2.45 bits per heavy atom. The van der Waals surface area contributed by atoms with Crippen molar-refractivity contribution in [1.29, 1.82) is 0 Å². The Labute approximate surface area is 175 Å². The van der Waals surface area contributed by atoms with Crippen LogP contribution in [0, 0.1) is 11.3 Å². The number of para-hydroxylation sites is 1. The zero-order valence-corrected chi connectivity index (χ0v) is 19.2. The summed E-state index contributed by atoms with van der Waals surface area (Å²) in [6.45, 7) is 15.2. The first-order valence-corrected chi connectivity index (χ1v) is 11.1. The molecule has 0 amide bonds. The molecule has 1 saturated heterocycles. The molecule has 0 radical (unpaired) electrons. The van der Waals surface area contributed by atoms with Crippen molar-refractivity contribution >= 4 is 17.0 Å². The quantitative estimate of drug-likeness (QED) is 0.516. The van der Waals surface area contributed by atoms with Crippen molar-refractivity contribution in [2.45, 2.75) is 72.4 Å². The minimum Gasteiger partial charge on any atom is -0.443 e. The molecule has 3 heterocycles. The number of hydrogen-bond acceptors (Lipinski definition) is 2. The first-order chi connectivity index (χ1) is 13.4. The maximum Gasteiger partial charge on any atom is 0.419 e. The number of fused-ring (bicyclic) bond motifs is 5. The van der Waals surface area contributed by atoms with Gasteiger partial charge in [0, 0.05) is 24.6 Å². The Morgan fingerprint density at radius 1 is 1.10 bits per heavy atom. The van der Waals surface area contributed by atoms with Gasteiger partial charge in [-0.05, 0) is 43.7 Å². The second-order valence-electron chi connectivity index (χ2n) is 11.5. The van der Waals surface area contributed by atoms with Gasteiger partial charge >= 0.3 is 6.09 Å². The molecular weight excluding hydrogens is 360 g/mol. The number of hydrogen-bond donors (Lipinski definition) is 0. The van der Waals surface area contributed by atoms with Crippen molar-refractivity contribution < 1.29 is 14.0 Å². The largest absolute Gasteiger partial charge is 0.443 e. The number of benzene rings is 1. The van der Waals surface area contributed by atoms with E-state index in [1.807, 2.05) is 31.4 Å². The molecule has 0 bridgehead atoms. The van der Waals surface area contributed by atoms with E-state index < -0.39 is 5.60 Å². The molecule has 0 aliphatic carbocycles. The van der Waals surface area contributed by atoms with Crippen molar-refractivity contribution in [1.82, 2.24) is 4.57 Å². The smallest absolute Gasteiger partial charge is 0.419 e. The highest BCUT2D eigenvalue weighted by atomic mass is 16.6. The summed E-state index contributed by atoms with van der Waals surface area (Å²) in [6.07, 6.45) is 3.19. The van der Waals surface area contributed by atoms with Gasteiger partial charge in [-0.15, -0.1) is 0 Å². The first-order valence-electron chi connectivity index (χ1n) is 11.1. The molecule has 2 aliphatic rings. The van der Waals surface area contributed by atoms with Gasteiger partial charge in [-0.3, -0.25) is 0 Å². The van der Waals surface area contributed by atoms with Crippen molar-refractivity contribution in [2.24, 2.45) is 11.3 Å². The molecular formula is C25H37N2O2+. The fourth-order valence-electron chi connectivity index (χ4n) is 5.52. The highest BCUT2D eigenvalue weighted by Crippen LogP contribution is 2.50. The van der Waals surface area contributed by atoms with Gasteiger partial charge in [-0.25, -0.2) is 9.36 Å². The molecule has 1 aromatic carbocycles. The lowest BCUT2D eigenvalue weighted by Crippen LogP contribution is -2.56. The fourth-order valence-corrected chi connectivity index (χ4v) is 5.52. The van der Waals surface area contributed by atoms with E-state index in [0.29, 0.717) is 12.0 Å². The van der Waals surface area contributed by atoms with Crippen LogP contribution in [0.3, 0.4) is 0 Å². The lowest BCUT2D eigenvalue weighted by Gasteiger charge is -2.52. The number of carbonyl (C=O) groups is 1. The molecule has 0 N–H and O–H groups in total. The summed E-state index contributed by atoms with van der Waals surface area (Å²) in [5.41, 5.74) is 3.34. The summed E-state index contributed by atoms with van der Waals surface area (Å²) in [5, 5.41) is 1.22. The predicted molar refractivity (Wildman–Crippen MR) is 118 cm³/mol. The Kier molecular flexibility index (Phi) is 4.65. The lowest BCUT2D eigenvalue weighted by atomic mass is 9.71. The summed E-state index contributed by atoms with van der Waals surface area (Å²) in [4.78, 5) is 13.4. The minimum atomic E-state index is -0.511. The summed E-state index contributed by atoms with van der Waals surface area (Å²) in [6, 6.07) is 8.71. The fraction of sp³-hybridized carbons (Fsp3) is 0.640. The average Bonchev–Trinajstić information content (AvgIpc) is 2.93. The van der Waals surface area contributed by atoms with Crippen LogP contribution in [0.25, 0.3) is 10.9 Å². The van der Waals surface area contributed by atoms with Gasteiger partial charge in [0.1, 0.15) is 11.6 Å². The van der Waals surface area contributed by atoms with E-state index >= 15 is 0 Å². The van der Waals surface area contributed by atoms with Crippen LogP contribution in [0.1, 0.15) is 71.7 Å². The van der Waals surface area contributed by atoms with Gasteiger partial charge in [0.05, 0.1) is 31.3 Å². The average molecular weight is 398 g/mol. The second kappa shape index (κ2) is 6.60. The third kappa shape index (κ3) is 3.50. The van der Waals surface area contributed by atoms with Gasteiger partial charge in [-0.1, -0.05) is 39.0 Å². The molecule has 1 aromatic heterocycles. The second-order valence-corrected chi connectivity index (χ2v) is 11.5. The number of quaternary nitrogens is 1. The third-order valence-electron chi connectivity index (χ3n) is 7.26. The maximum absolute atomic E-state index is 13.4. The normalized spacial score (nSPS) is 27.4. The Bertz CT molecular complexity index is 944. The maximum atomic E-state index is 13.4. The summed E-state index contributed by atoms with van der Waals surface area (Å²) in [5.74, 6) is 0.662. The topological polar surface area (TPSA) is 31.2 Å². The molecule has 29 heavy (non-hydrogen) atoms. The van der Waals surface area contributed by atoms with Crippen molar-refractivity contribution in [3.05, 3.63) is 35.5 Å². The monoisotopic (exact) mass is 397 g/mol. The van der Waals surface area contributed by atoms with Gasteiger partial charge in [-0.2, -0.15) is 0 Å². The van der Waals surface area contributed by atoms with Crippen molar-refractivity contribution in [2.75, 3.05) is 20.1 Å². The van der Waals surface area contributed by atoms with E-state index in [2.05, 4.69) is 46.0 Å². The summed E-state index contributed by atoms with van der Waals surface area (Å²) >= 11 is 0. The first kappa shape index (κ1) is 20.5. The van der Waals surface area contributed by atoms with E-state index in [1.165, 1.54) is 29.6 Å². The van der Waals surface area contributed by atoms with Crippen LogP contribution in [0.2, 0.25) is 0 Å². The number of rotatable bonds is 0. The molecule has 2 aromatic rings. The van der Waals surface area contributed by atoms with E-state index in [9.17, 15) is 4.79 Å². The zero-order chi connectivity index (χ0) is 21.2. The molecule has 0 unspecified atom stereocenters. The van der Waals surface area contributed by atoms with Gasteiger partial charge in [0.2, 0.25) is 0 Å². The summed E-state index contributed by atoms with van der Waals surface area (Å²) in [7, 11) is 2.39. The highest BCUT2D eigenvalue weighted by molar-refractivity contribution is 5.94. The van der Waals surface area contributed by atoms with E-state index in [1.54, 1.807) is 0 Å². The highest BCUT2D eigenvalue weighted by Gasteiger charge is 2.49. The van der Waals surface area contributed by atoms with E-state index in [4.69, 9.17) is 4.74 Å². The molecule has 4 nitrogen and oxygen atoms in total.